The molecule has 29 heavy (non-hydrogen) atoms. The van der Waals surface area contributed by atoms with Gasteiger partial charge in [-0.05, 0) is 44.0 Å². The predicted molar refractivity (Wildman–Crippen MR) is 111 cm³/mol. The molecule has 3 rings (SSSR count). The molecule has 0 fully saturated rings. The smallest absolute Gasteiger partial charge is 0.342 e. The van der Waals surface area contributed by atoms with Gasteiger partial charge in [0.2, 0.25) is 0 Å². The number of ether oxygens (including phenoxy) is 2. The zero-order valence-electron chi connectivity index (χ0n) is 16.6. The van der Waals surface area contributed by atoms with Crippen molar-refractivity contribution in [3.63, 3.8) is 0 Å². The van der Waals surface area contributed by atoms with Crippen molar-refractivity contribution in [3.05, 3.63) is 60.6 Å². The summed E-state index contributed by atoms with van der Waals surface area (Å²) in [5.74, 6) is -0.259. The Bertz CT molecular complexity index is 1010. The quantitative estimate of drug-likeness (QED) is 0.322. The molecule has 6 nitrogen and oxygen atoms in total. The molecule has 1 aromatic carbocycles. The molecule has 0 saturated carbocycles. The number of benzene rings is 1. The summed E-state index contributed by atoms with van der Waals surface area (Å²) in [5, 5.41) is 7.90. The van der Waals surface area contributed by atoms with E-state index in [0.717, 1.165) is 25.1 Å². The summed E-state index contributed by atoms with van der Waals surface area (Å²) in [5.41, 5.74) is 2.67. The lowest BCUT2D eigenvalue weighted by atomic mass is 10.1. The summed E-state index contributed by atoms with van der Waals surface area (Å²) in [7, 11) is 1.57. The minimum atomic E-state index is -0.490. The van der Waals surface area contributed by atoms with Gasteiger partial charge in [0.25, 0.3) is 0 Å². The van der Waals surface area contributed by atoms with Crippen LogP contribution in [0.4, 0.5) is 10.1 Å². The van der Waals surface area contributed by atoms with Gasteiger partial charge in [0, 0.05) is 18.2 Å². The summed E-state index contributed by atoms with van der Waals surface area (Å²) in [6, 6.07) is 7.60. The maximum absolute atomic E-state index is 13.4. The van der Waals surface area contributed by atoms with Gasteiger partial charge in [0.05, 0.1) is 31.1 Å². The first kappa shape index (κ1) is 20.4. The van der Waals surface area contributed by atoms with Crippen LogP contribution in [0.5, 0.6) is 5.75 Å². The van der Waals surface area contributed by atoms with Crippen LogP contribution in [0.1, 0.15) is 30.1 Å². The molecule has 0 amide bonds. The highest BCUT2D eigenvalue weighted by Crippen LogP contribution is 2.33. The number of halogens is 1. The second kappa shape index (κ2) is 9.23. The number of hydrogen-bond acceptors (Lipinski definition) is 5. The fourth-order valence-corrected chi connectivity index (χ4v) is 3.06. The fourth-order valence-electron chi connectivity index (χ4n) is 3.06. The Kier molecular flexibility index (Phi) is 6.49. The number of unbranched alkanes of at least 4 members (excludes halogenated alkanes) is 1. The highest BCUT2D eigenvalue weighted by Gasteiger charge is 2.23. The van der Waals surface area contributed by atoms with Gasteiger partial charge in [-0.2, -0.15) is 5.10 Å². The van der Waals surface area contributed by atoms with Crippen molar-refractivity contribution in [1.82, 2.24) is 9.61 Å². The number of anilines is 1. The van der Waals surface area contributed by atoms with Crippen LogP contribution in [0, 0.1) is 5.82 Å². The van der Waals surface area contributed by atoms with Crippen molar-refractivity contribution in [2.75, 3.05) is 25.6 Å². The van der Waals surface area contributed by atoms with Crippen molar-refractivity contribution >= 4 is 17.2 Å². The van der Waals surface area contributed by atoms with Crippen molar-refractivity contribution in [2.24, 2.45) is 0 Å². The van der Waals surface area contributed by atoms with Crippen LogP contribution in [0.25, 0.3) is 16.8 Å². The monoisotopic (exact) mass is 397 g/mol. The summed E-state index contributed by atoms with van der Waals surface area (Å²) >= 11 is 0. The van der Waals surface area contributed by atoms with Crippen molar-refractivity contribution in [3.8, 4) is 17.0 Å². The van der Waals surface area contributed by atoms with Gasteiger partial charge >= 0.3 is 5.97 Å². The predicted octanol–water partition coefficient (Wildman–Crippen LogP) is 4.70. The first-order valence-electron chi connectivity index (χ1n) is 9.47. The Morgan fingerprint density at radius 2 is 2.10 bits per heavy atom. The highest BCUT2D eigenvalue weighted by molar-refractivity contribution is 6.03. The minimum absolute atomic E-state index is 0.235. The molecular weight excluding hydrogens is 373 g/mol. The number of allylic oxidation sites excluding steroid dienone is 1. The lowest BCUT2D eigenvalue weighted by molar-refractivity contribution is 0.0529. The van der Waals surface area contributed by atoms with E-state index in [1.54, 1.807) is 42.9 Å². The number of methoxy groups -OCH3 is 1. The van der Waals surface area contributed by atoms with Gasteiger partial charge in [0.15, 0.2) is 0 Å². The van der Waals surface area contributed by atoms with E-state index in [2.05, 4.69) is 17.0 Å². The lowest BCUT2D eigenvalue weighted by Crippen LogP contribution is -2.07. The number of carbonyl (C=O) groups is 1. The molecule has 3 aromatic rings. The molecule has 0 unspecified atom stereocenters. The van der Waals surface area contributed by atoms with Crippen LogP contribution in [0.2, 0.25) is 0 Å². The van der Waals surface area contributed by atoms with Gasteiger partial charge < -0.3 is 14.8 Å². The van der Waals surface area contributed by atoms with E-state index in [1.165, 1.54) is 12.1 Å². The molecule has 152 valence electrons. The van der Waals surface area contributed by atoms with E-state index in [1.807, 2.05) is 6.08 Å². The number of fused-ring (bicyclic) bond motifs is 1. The zero-order chi connectivity index (χ0) is 20.8. The molecular formula is C22H24FN3O3. The van der Waals surface area contributed by atoms with Crippen molar-refractivity contribution < 1.29 is 18.7 Å². The molecule has 0 spiro atoms. The summed E-state index contributed by atoms with van der Waals surface area (Å²) in [4.78, 5) is 12.7. The van der Waals surface area contributed by atoms with Crippen LogP contribution in [0.15, 0.2) is 49.2 Å². The number of rotatable bonds is 9. The van der Waals surface area contributed by atoms with E-state index in [0.29, 0.717) is 28.1 Å². The molecule has 2 heterocycles. The Balaban J connectivity index is 2.11. The zero-order valence-corrected chi connectivity index (χ0v) is 16.6. The molecule has 0 atom stereocenters. The molecule has 0 aliphatic rings. The molecule has 0 aliphatic carbocycles. The number of carbonyl (C=O) groups excluding carboxylic acids is 1. The third-order valence-corrected chi connectivity index (χ3v) is 4.45. The Hall–Kier alpha value is -3.35. The van der Waals surface area contributed by atoms with Gasteiger partial charge in [-0.3, -0.25) is 0 Å². The second-order valence-corrected chi connectivity index (χ2v) is 6.39. The van der Waals surface area contributed by atoms with E-state index in [-0.39, 0.29) is 12.4 Å². The Morgan fingerprint density at radius 1 is 1.34 bits per heavy atom. The lowest BCUT2D eigenvalue weighted by Gasteiger charge is -2.11. The van der Waals surface area contributed by atoms with Gasteiger partial charge in [-0.1, -0.05) is 6.08 Å². The first-order valence-corrected chi connectivity index (χ1v) is 9.47. The van der Waals surface area contributed by atoms with Crippen molar-refractivity contribution in [1.29, 1.82) is 0 Å². The van der Waals surface area contributed by atoms with Crippen LogP contribution >= 0.6 is 0 Å². The Morgan fingerprint density at radius 3 is 2.76 bits per heavy atom. The third kappa shape index (κ3) is 4.39. The SMILES string of the molecule is C=CCCCNc1cn2nc(-c3ccc(F)cc3)c(C(=O)OCC)c2cc1OC. The van der Waals surface area contributed by atoms with Crippen LogP contribution in [-0.2, 0) is 4.74 Å². The fraction of sp³-hybridized carbons (Fsp3) is 0.273. The topological polar surface area (TPSA) is 64.9 Å². The number of hydrogen-bond donors (Lipinski definition) is 1. The van der Waals surface area contributed by atoms with Gasteiger partial charge in [-0.15, -0.1) is 6.58 Å². The summed E-state index contributed by atoms with van der Waals surface area (Å²) in [6.07, 6.45) is 5.48. The van der Waals surface area contributed by atoms with E-state index >= 15 is 0 Å². The summed E-state index contributed by atoms with van der Waals surface area (Å²) < 4.78 is 25.7. The number of nitrogens with zero attached hydrogens (tertiary/aromatic N) is 2. The average Bonchev–Trinajstić information content (AvgIpc) is 3.09. The maximum Gasteiger partial charge on any atom is 0.342 e. The normalized spacial score (nSPS) is 10.7. The van der Waals surface area contributed by atoms with Gasteiger partial charge in [0.1, 0.15) is 22.8 Å². The van der Waals surface area contributed by atoms with Crippen molar-refractivity contribution in [2.45, 2.75) is 19.8 Å². The van der Waals surface area contributed by atoms with Crippen LogP contribution in [-0.4, -0.2) is 35.8 Å². The van der Waals surface area contributed by atoms with Crippen LogP contribution in [0.3, 0.4) is 0 Å². The standard InChI is InChI=1S/C22H24FN3O3/c1-4-6-7-12-24-17-14-26-18(13-19(17)28-3)20(22(27)29-5-2)21(25-26)15-8-10-16(23)11-9-15/h4,8-11,13-14,24H,1,5-7,12H2,2-3H3. The summed E-state index contributed by atoms with van der Waals surface area (Å²) in [6.45, 7) is 6.44. The number of aromatic nitrogens is 2. The van der Waals surface area contributed by atoms with E-state index in [4.69, 9.17) is 9.47 Å². The first-order chi connectivity index (χ1) is 14.1. The average molecular weight is 397 g/mol. The molecule has 0 bridgehead atoms. The molecule has 7 heteroatoms. The minimum Gasteiger partial charge on any atom is -0.494 e. The third-order valence-electron chi connectivity index (χ3n) is 4.45. The number of nitrogens with one attached hydrogen (secondary N) is 1. The van der Waals surface area contributed by atoms with Gasteiger partial charge in [-0.25, -0.2) is 13.7 Å². The molecule has 1 N–H and O–H groups in total. The Labute approximate surface area is 168 Å². The molecule has 0 saturated heterocycles. The number of pyridine rings is 1. The maximum atomic E-state index is 13.4. The number of esters is 1. The largest absolute Gasteiger partial charge is 0.494 e. The van der Waals surface area contributed by atoms with E-state index in [9.17, 15) is 9.18 Å². The molecule has 2 aromatic heterocycles. The van der Waals surface area contributed by atoms with Crippen LogP contribution < -0.4 is 10.1 Å². The van der Waals surface area contributed by atoms with E-state index < -0.39 is 5.97 Å². The second-order valence-electron chi connectivity index (χ2n) is 6.39. The molecule has 0 radical (unpaired) electrons. The molecule has 0 aliphatic heterocycles. The highest BCUT2D eigenvalue weighted by atomic mass is 19.1.